The lowest BCUT2D eigenvalue weighted by Crippen LogP contribution is -2.41. The van der Waals surface area contributed by atoms with E-state index in [2.05, 4.69) is 9.97 Å². The quantitative estimate of drug-likeness (QED) is 0.502. The van der Waals surface area contributed by atoms with Crippen molar-refractivity contribution in [1.29, 1.82) is 0 Å². The Bertz CT molecular complexity index is 1370. The minimum absolute atomic E-state index is 0.0228. The minimum Gasteiger partial charge on any atom is -0.493 e. The number of methoxy groups -OCH3 is 1. The smallest absolute Gasteiger partial charge is 0.394 e. The molecule has 35 heavy (non-hydrogen) atoms. The van der Waals surface area contributed by atoms with Crippen molar-refractivity contribution in [1.82, 2.24) is 9.97 Å². The number of pyridine rings is 2. The number of carbonyl (C=O) groups excluding carboxylic acids is 1. The van der Waals surface area contributed by atoms with Gasteiger partial charge in [0.1, 0.15) is 5.69 Å². The normalized spacial score (nSPS) is 22.8. The molecule has 3 N–H and O–H groups in total. The molecule has 1 aliphatic rings. The van der Waals surface area contributed by atoms with E-state index in [1.54, 1.807) is 0 Å². The summed E-state index contributed by atoms with van der Waals surface area (Å²) in [6.07, 6.45) is -3.98. The van der Waals surface area contributed by atoms with E-state index < -0.39 is 52.8 Å². The highest BCUT2D eigenvalue weighted by atomic mass is 19.4. The van der Waals surface area contributed by atoms with E-state index in [9.17, 15) is 31.5 Å². The summed E-state index contributed by atoms with van der Waals surface area (Å²) in [4.78, 5) is 31.5. The van der Waals surface area contributed by atoms with Crippen LogP contribution in [0.2, 0.25) is 0 Å². The Morgan fingerprint density at radius 1 is 1.23 bits per heavy atom. The second kappa shape index (κ2) is 8.62. The first kappa shape index (κ1) is 24.6. The third kappa shape index (κ3) is 4.12. The number of fused-ring (bicyclic) bond motifs is 1. The van der Waals surface area contributed by atoms with Crippen LogP contribution in [0.15, 0.2) is 35.3 Å². The summed E-state index contributed by atoms with van der Waals surface area (Å²) >= 11 is 0. The number of alkyl halides is 3. The lowest BCUT2D eigenvalue weighted by Gasteiger charge is -2.44. The zero-order valence-electron chi connectivity index (χ0n) is 18.8. The number of nitrogens with two attached hydrogens (primary N) is 1. The van der Waals surface area contributed by atoms with Gasteiger partial charge in [0.2, 0.25) is 5.82 Å². The first-order valence-corrected chi connectivity index (χ1v) is 10.8. The number of halogens is 5. The molecule has 6 nitrogen and oxygen atoms in total. The van der Waals surface area contributed by atoms with Gasteiger partial charge in [-0.1, -0.05) is 13.0 Å². The fourth-order valence-corrected chi connectivity index (χ4v) is 5.01. The van der Waals surface area contributed by atoms with E-state index >= 15 is 0 Å². The van der Waals surface area contributed by atoms with Gasteiger partial charge < -0.3 is 15.5 Å². The number of primary amides is 1. The Hall–Kier alpha value is -3.50. The fraction of sp³-hybridized carbons (Fsp3) is 0.375. The van der Waals surface area contributed by atoms with Crippen molar-refractivity contribution >= 4 is 16.8 Å². The highest BCUT2D eigenvalue weighted by molar-refractivity contribution is 6.03. The molecular formula is C24H22F5N3O3. The van der Waals surface area contributed by atoms with Crippen molar-refractivity contribution in [3.05, 3.63) is 69.3 Å². The van der Waals surface area contributed by atoms with Crippen LogP contribution >= 0.6 is 0 Å². The molecule has 0 spiro atoms. The number of carbonyl (C=O) groups is 1. The SMILES string of the molecule is COc1c([C@H]2CC[C@](C)(C(F)(F)F)C[C@@H]2c2cc(=O)c3c(C(N)=O)nccc3[nH]2)ccc(F)c1F. The van der Waals surface area contributed by atoms with E-state index in [0.717, 1.165) is 26.2 Å². The van der Waals surface area contributed by atoms with Crippen molar-refractivity contribution in [3.8, 4) is 5.75 Å². The molecule has 2 aromatic heterocycles. The van der Waals surface area contributed by atoms with Gasteiger partial charge in [0.15, 0.2) is 17.0 Å². The number of ether oxygens (including phenoxy) is 1. The first-order valence-electron chi connectivity index (χ1n) is 10.8. The van der Waals surface area contributed by atoms with Crippen LogP contribution in [-0.4, -0.2) is 29.2 Å². The molecule has 1 saturated carbocycles. The predicted molar refractivity (Wildman–Crippen MR) is 117 cm³/mol. The van der Waals surface area contributed by atoms with Crippen LogP contribution in [0.1, 0.15) is 59.8 Å². The molecule has 186 valence electrons. The van der Waals surface area contributed by atoms with Crippen molar-refractivity contribution in [2.45, 2.75) is 44.2 Å². The summed E-state index contributed by atoms with van der Waals surface area (Å²) in [5.41, 5.74) is 2.85. The zero-order chi connectivity index (χ0) is 25.7. The molecule has 3 atom stereocenters. The maximum Gasteiger partial charge on any atom is 0.394 e. The highest BCUT2D eigenvalue weighted by Gasteiger charge is 2.55. The molecule has 0 unspecified atom stereocenters. The predicted octanol–water partition coefficient (Wildman–Crippen LogP) is 4.93. The second-order valence-corrected chi connectivity index (χ2v) is 9.03. The lowest BCUT2D eigenvalue weighted by atomic mass is 9.63. The number of aromatic nitrogens is 2. The molecule has 1 aromatic carbocycles. The number of amides is 1. The van der Waals surface area contributed by atoms with Crippen LogP contribution in [-0.2, 0) is 0 Å². The number of aromatic amines is 1. The molecule has 1 aliphatic carbocycles. The van der Waals surface area contributed by atoms with E-state index in [1.807, 2.05) is 0 Å². The third-order valence-electron chi connectivity index (χ3n) is 6.93. The van der Waals surface area contributed by atoms with Gasteiger partial charge in [0.25, 0.3) is 5.91 Å². The van der Waals surface area contributed by atoms with E-state index in [4.69, 9.17) is 10.5 Å². The lowest BCUT2D eigenvalue weighted by molar-refractivity contribution is -0.230. The van der Waals surface area contributed by atoms with Gasteiger partial charge in [0.05, 0.1) is 23.4 Å². The first-order chi connectivity index (χ1) is 16.4. The standard InChI is InChI=1S/C24H22F5N3O3/c1-23(24(27,28)29)7-5-11(12-3-4-14(25)19(26)21(12)35-2)13(10-23)16-9-17(33)18-15(32-16)6-8-31-20(18)22(30)34/h3-4,6,8-9,11,13H,5,7,10H2,1-2H3,(H2,30,34)(H,32,33)/t11-,13+,23+/m1/s1. The third-order valence-corrected chi connectivity index (χ3v) is 6.93. The van der Waals surface area contributed by atoms with Gasteiger partial charge in [0, 0.05) is 29.4 Å². The van der Waals surface area contributed by atoms with Crippen LogP contribution in [0, 0.1) is 17.0 Å². The summed E-state index contributed by atoms with van der Waals surface area (Å²) in [5, 5.41) is -0.0832. The van der Waals surface area contributed by atoms with E-state index in [1.165, 1.54) is 18.3 Å². The van der Waals surface area contributed by atoms with Gasteiger partial charge in [-0.15, -0.1) is 0 Å². The van der Waals surface area contributed by atoms with Crippen molar-refractivity contribution < 1.29 is 31.5 Å². The Labute approximate surface area is 196 Å². The maximum atomic E-state index is 14.5. The number of rotatable bonds is 4. The van der Waals surface area contributed by atoms with Crippen molar-refractivity contribution in [2.24, 2.45) is 11.1 Å². The monoisotopic (exact) mass is 495 g/mol. The number of hydrogen-bond donors (Lipinski definition) is 2. The Morgan fingerprint density at radius 2 is 1.94 bits per heavy atom. The Kier molecular flexibility index (Phi) is 6.06. The largest absolute Gasteiger partial charge is 0.493 e. The van der Waals surface area contributed by atoms with Gasteiger partial charge in [-0.25, -0.2) is 4.39 Å². The molecule has 1 amide bonds. The Balaban J connectivity index is 1.93. The highest BCUT2D eigenvalue weighted by Crippen LogP contribution is 2.57. The Morgan fingerprint density at radius 3 is 2.57 bits per heavy atom. The number of hydrogen-bond acceptors (Lipinski definition) is 4. The number of nitrogens with zero attached hydrogens (tertiary/aromatic N) is 1. The van der Waals surface area contributed by atoms with Crippen LogP contribution in [0.25, 0.3) is 10.9 Å². The zero-order valence-corrected chi connectivity index (χ0v) is 18.8. The van der Waals surface area contributed by atoms with Gasteiger partial charge in [-0.2, -0.15) is 17.6 Å². The molecule has 11 heteroatoms. The van der Waals surface area contributed by atoms with E-state index in [0.29, 0.717) is 0 Å². The number of nitrogens with one attached hydrogen (secondary N) is 1. The molecule has 2 heterocycles. The molecule has 0 saturated heterocycles. The number of benzene rings is 1. The molecule has 0 radical (unpaired) electrons. The fourth-order valence-electron chi connectivity index (χ4n) is 5.01. The number of H-pyrrole nitrogens is 1. The summed E-state index contributed by atoms with van der Waals surface area (Å²) in [5.74, 6) is -5.36. The van der Waals surface area contributed by atoms with Crippen LogP contribution in [0.4, 0.5) is 22.0 Å². The topological polar surface area (TPSA) is 98.1 Å². The molecule has 1 fully saturated rings. The van der Waals surface area contributed by atoms with Gasteiger partial charge in [-0.05, 0) is 37.3 Å². The van der Waals surface area contributed by atoms with Gasteiger partial charge in [-0.3, -0.25) is 14.6 Å². The van der Waals surface area contributed by atoms with Crippen LogP contribution in [0.5, 0.6) is 5.75 Å². The van der Waals surface area contributed by atoms with Crippen molar-refractivity contribution in [2.75, 3.05) is 7.11 Å². The van der Waals surface area contributed by atoms with E-state index in [-0.39, 0.29) is 46.4 Å². The molecule has 0 aliphatic heterocycles. The van der Waals surface area contributed by atoms with Crippen LogP contribution in [0.3, 0.4) is 0 Å². The van der Waals surface area contributed by atoms with Crippen molar-refractivity contribution in [3.63, 3.8) is 0 Å². The summed E-state index contributed by atoms with van der Waals surface area (Å²) < 4.78 is 75.5. The summed E-state index contributed by atoms with van der Waals surface area (Å²) in [7, 11) is 1.15. The average molecular weight is 495 g/mol. The second-order valence-electron chi connectivity index (χ2n) is 9.03. The molecular weight excluding hydrogens is 473 g/mol. The molecule has 3 aromatic rings. The van der Waals surface area contributed by atoms with Crippen LogP contribution < -0.4 is 15.9 Å². The average Bonchev–Trinajstić information content (AvgIpc) is 2.79. The minimum atomic E-state index is -4.53. The summed E-state index contributed by atoms with van der Waals surface area (Å²) in [6.45, 7) is 1.10. The maximum absolute atomic E-state index is 14.5. The molecule has 0 bridgehead atoms. The van der Waals surface area contributed by atoms with Gasteiger partial charge >= 0.3 is 6.18 Å². The summed E-state index contributed by atoms with van der Waals surface area (Å²) in [6, 6.07) is 4.71. The molecule has 4 rings (SSSR count).